The van der Waals surface area contributed by atoms with Gasteiger partial charge < -0.3 is 9.64 Å². The number of nitrogens with zero attached hydrogens (tertiary/aromatic N) is 3. The summed E-state index contributed by atoms with van der Waals surface area (Å²) in [6.07, 6.45) is 0.493. The summed E-state index contributed by atoms with van der Waals surface area (Å²) in [7, 11) is 0. The molecule has 2 aromatic rings. The maximum atomic E-state index is 14.0. The molecule has 0 spiro atoms. The maximum absolute atomic E-state index is 14.0. The Balaban J connectivity index is 1.46. The fourth-order valence-electron chi connectivity index (χ4n) is 3.53. The Hall–Kier alpha value is -3.12. The highest BCUT2D eigenvalue weighted by atomic mass is 19.1. The average Bonchev–Trinajstić information content (AvgIpc) is 3.05. The third-order valence-electron chi connectivity index (χ3n) is 5.04. The fourth-order valence-corrected chi connectivity index (χ4v) is 3.53. The molecule has 1 fully saturated rings. The number of rotatable bonds is 5. The minimum Gasteiger partial charge on any atom is -0.470 e. The summed E-state index contributed by atoms with van der Waals surface area (Å²) in [5, 5.41) is 0. The van der Waals surface area contributed by atoms with Crippen LogP contribution in [0.3, 0.4) is 0 Å². The highest BCUT2D eigenvalue weighted by Crippen LogP contribution is 2.36. The first-order valence-corrected chi connectivity index (χ1v) is 9.20. The number of benzene rings is 1. The van der Waals surface area contributed by atoms with E-state index in [1.54, 1.807) is 12.1 Å². The number of amides is 1. The smallest absolute Gasteiger partial charge is 0.258 e. The molecule has 2 heterocycles. The molecule has 150 valence electrons. The molecule has 0 bridgehead atoms. The second kappa shape index (κ2) is 7.72. The highest BCUT2D eigenvalue weighted by molar-refractivity contribution is 5.95. The summed E-state index contributed by atoms with van der Waals surface area (Å²) in [5.41, 5.74) is 4.75. The van der Waals surface area contributed by atoms with Gasteiger partial charge in [0.1, 0.15) is 24.9 Å². The third kappa shape index (κ3) is 3.89. The molecule has 0 radical (unpaired) electrons. The van der Waals surface area contributed by atoms with Crippen LogP contribution in [0.2, 0.25) is 0 Å². The highest BCUT2D eigenvalue weighted by Gasteiger charge is 2.38. The van der Waals surface area contributed by atoms with Crippen LogP contribution in [0.25, 0.3) is 0 Å². The van der Waals surface area contributed by atoms with E-state index in [2.05, 4.69) is 15.7 Å². The molecule has 1 aliphatic carbocycles. The van der Waals surface area contributed by atoms with Crippen molar-refractivity contribution in [1.29, 1.82) is 0 Å². The second-order valence-electron chi connectivity index (χ2n) is 7.11. The summed E-state index contributed by atoms with van der Waals surface area (Å²) in [4.78, 5) is 21.7. The lowest BCUT2D eigenvalue weighted by Gasteiger charge is -2.27. The van der Waals surface area contributed by atoms with Gasteiger partial charge in [-0.3, -0.25) is 4.79 Å². The van der Waals surface area contributed by atoms with E-state index in [0.29, 0.717) is 23.1 Å². The predicted molar refractivity (Wildman–Crippen MR) is 97.7 cm³/mol. The van der Waals surface area contributed by atoms with Crippen molar-refractivity contribution in [3.63, 3.8) is 0 Å². The minimum atomic E-state index is -1.16. The number of carbonyl (C=O) groups is 1. The predicted octanol–water partition coefficient (Wildman–Crippen LogP) is 3.61. The molecule has 1 aromatic heterocycles. The number of ether oxygens (including phenoxy) is 1. The van der Waals surface area contributed by atoms with Gasteiger partial charge in [0.25, 0.3) is 11.8 Å². The Kier molecular flexibility index (Phi) is 5.11. The van der Waals surface area contributed by atoms with Crippen molar-refractivity contribution in [3.8, 4) is 5.88 Å². The van der Waals surface area contributed by atoms with Gasteiger partial charge in [-0.1, -0.05) is 12.1 Å². The lowest BCUT2D eigenvalue weighted by atomic mass is 9.95. The van der Waals surface area contributed by atoms with Crippen molar-refractivity contribution < 1.29 is 22.7 Å². The number of hydrogen-bond acceptors (Lipinski definition) is 4. The van der Waals surface area contributed by atoms with Crippen LogP contribution in [0.5, 0.6) is 5.88 Å². The van der Waals surface area contributed by atoms with Gasteiger partial charge in [-0.2, -0.15) is 9.37 Å². The van der Waals surface area contributed by atoms with E-state index in [0.717, 1.165) is 0 Å². The number of likely N-dealkylation sites (tertiary alicyclic amines) is 1. The van der Waals surface area contributed by atoms with E-state index < -0.39 is 23.8 Å². The summed E-state index contributed by atoms with van der Waals surface area (Å²) < 4.78 is 46.7. The van der Waals surface area contributed by atoms with Crippen LogP contribution in [-0.2, 0) is 4.79 Å². The quantitative estimate of drug-likeness (QED) is 0.719. The molecule has 1 amide bonds. The van der Waals surface area contributed by atoms with Crippen molar-refractivity contribution in [2.24, 2.45) is 0 Å². The number of aromatic nitrogens is 2. The van der Waals surface area contributed by atoms with Gasteiger partial charge in [0, 0.05) is 18.4 Å². The van der Waals surface area contributed by atoms with Gasteiger partial charge in [-0.25, -0.2) is 13.8 Å². The van der Waals surface area contributed by atoms with E-state index in [9.17, 15) is 18.0 Å². The monoisotopic (exact) mass is 401 g/mol. The molecule has 0 saturated carbocycles. The van der Waals surface area contributed by atoms with E-state index in [4.69, 9.17) is 4.74 Å². The Morgan fingerprint density at radius 3 is 2.90 bits per heavy atom. The fraction of sp³-hybridized carbons (Fsp3) is 0.333. The molecule has 5 nitrogen and oxygen atoms in total. The van der Waals surface area contributed by atoms with Crippen LogP contribution < -0.4 is 4.74 Å². The van der Waals surface area contributed by atoms with E-state index in [1.807, 2.05) is 0 Å². The normalized spacial score (nSPS) is 20.8. The first-order valence-electron chi connectivity index (χ1n) is 9.20. The molecule has 8 heteroatoms. The summed E-state index contributed by atoms with van der Waals surface area (Å²) in [6.45, 7) is 1.51. The Bertz CT molecular complexity index is 1030. The largest absolute Gasteiger partial charge is 0.470 e. The van der Waals surface area contributed by atoms with E-state index >= 15 is 0 Å². The molecule has 29 heavy (non-hydrogen) atoms. The van der Waals surface area contributed by atoms with E-state index in [1.165, 1.54) is 30.3 Å². The standard InChI is InChI=1S/C21H18F3N3O2/c1-12-19(24)20(26-11-25-12)29-10-13-5-15(6-13)21(28)27-9-17(23)8-18(27)14-3-2-4-16(22)7-14/h2-4,7,11,17-18H,5,8-10H2,1H3. The second-order valence-corrected chi connectivity index (χ2v) is 7.11. The van der Waals surface area contributed by atoms with Crippen LogP contribution in [0.1, 0.15) is 30.1 Å². The van der Waals surface area contributed by atoms with Crippen molar-refractivity contribution in [1.82, 2.24) is 14.9 Å². The molecule has 2 aliphatic rings. The van der Waals surface area contributed by atoms with Gasteiger partial charge in [0.2, 0.25) is 5.82 Å². The van der Waals surface area contributed by atoms with Crippen LogP contribution in [0, 0.1) is 18.6 Å². The van der Waals surface area contributed by atoms with Gasteiger partial charge >= 0.3 is 0 Å². The van der Waals surface area contributed by atoms with Crippen LogP contribution >= 0.6 is 0 Å². The topological polar surface area (TPSA) is 55.3 Å². The Labute approximate surface area is 165 Å². The van der Waals surface area contributed by atoms with Crippen LogP contribution in [0.15, 0.2) is 47.5 Å². The Morgan fingerprint density at radius 1 is 1.34 bits per heavy atom. The zero-order valence-corrected chi connectivity index (χ0v) is 15.7. The first kappa shape index (κ1) is 19.2. The van der Waals surface area contributed by atoms with Crippen LogP contribution in [0.4, 0.5) is 13.2 Å². The molecular formula is C21H18F3N3O2. The number of aryl methyl sites for hydroxylation is 1. The lowest BCUT2D eigenvalue weighted by molar-refractivity contribution is -0.128. The SMILES string of the molecule is Cc1ncnc(OCC2=C=C(C(=O)N3CC(F)CC3c3cccc(F)c3)C2)c1F. The Morgan fingerprint density at radius 2 is 2.14 bits per heavy atom. The molecule has 1 saturated heterocycles. The number of alkyl halides is 1. The molecule has 2 unspecified atom stereocenters. The first-order chi connectivity index (χ1) is 13.9. The minimum absolute atomic E-state index is 0.0392. The molecule has 1 aliphatic heterocycles. The van der Waals surface area contributed by atoms with Gasteiger partial charge in [-0.05, 0) is 24.6 Å². The summed E-state index contributed by atoms with van der Waals surface area (Å²) in [6, 6.07) is 5.36. The summed E-state index contributed by atoms with van der Waals surface area (Å²) >= 11 is 0. The molecular weight excluding hydrogens is 383 g/mol. The average molecular weight is 401 g/mol. The van der Waals surface area contributed by atoms with Crippen LogP contribution in [-0.4, -0.2) is 40.1 Å². The molecule has 1 aromatic carbocycles. The molecule has 2 atom stereocenters. The van der Waals surface area contributed by atoms with Crippen molar-refractivity contribution >= 4 is 5.91 Å². The van der Waals surface area contributed by atoms with Crippen molar-refractivity contribution in [3.05, 3.63) is 70.4 Å². The molecule has 4 rings (SSSR count). The number of carbonyl (C=O) groups excluding carboxylic acids is 1. The molecule has 0 N–H and O–H groups in total. The number of hydrogen-bond donors (Lipinski definition) is 0. The maximum Gasteiger partial charge on any atom is 0.258 e. The van der Waals surface area contributed by atoms with Gasteiger partial charge in [-0.15, -0.1) is 5.73 Å². The van der Waals surface area contributed by atoms with Crippen molar-refractivity contribution in [2.45, 2.75) is 32.0 Å². The van der Waals surface area contributed by atoms with Gasteiger partial charge in [0.15, 0.2) is 0 Å². The van der Waals surface area contributed by atoms with E-state index in [-0.39, 0.29) is 37.1 Å². The lowest BCUT2D eigenvalue weighted by Crippen LogP contribution is -2.34. The summed E-state index contributed by atoms with van der Waals surface area (Å²) in [5.74, 6) is -1.53. The zero-order chi connectivity index (χ0) is 20.5. The van der Waals surface area contributed by atoms with Gasteiger partial charge in [0.05, 0.1) is 23.9 Å². The number of halogens is 3. The van der Waals surface area contributed by atoms with Crippen molar-refractivity contribution in [2.75, 3.05) is 13.2 Å². The third-order valence-corrected chi connectivity index (χ3v) is 5.04. The zero-order valence-electron chi connectivity index (χ0n) is 15.7.